The minimum Gasteiger partial charge on any atom is -0.301 e. The van der Waals surface area contributed by atoms with E-state index in [1.807, 2.05) is 12.1 Å². The summed E-state index contributed by atoms with van der Waals surface area (Å²) in [6, 6.07) is 8.34. The number of hydrogen-bond acceptors (Lipinski definition) is 3. The zero-order valence-corrected chi connectivity index (χ0v) is 16.7. The molecule has 0 aliphatic carbocycles. The van der Waals surface area contributed by atoms with Gasteiger partial charge in [-0.05, 0) is 56.8 Å². The summed E-state index contributed by atoms with van der Waals surface area (Å²) >= 11 is 0. The Hall–Kier alpha value is -0.910. The van der Waals surface area contributed by atoms with E-state index in [0.29, 0.717) is 30.1 Å². The number of nitrogens with zero attached hydrogens (tertiary/aromatic N) is 2. The van der Waals surface area contributed by atoms with Gasteiger partial charge in [0.1, 0.15) is 0 Å². The fraction of sp³-hybridized carbons (Fsp3) is 0.684. The van der Waals surface area contributed by atoms with Crippen LogP contribution in [0.1, 0.15) is 53.0 Å². The number of sulfonamides is 1. The van der Waals surface area contributed by atoms with Crippen molar-refractivity contribution in [3.05, 3.63) is 29.8 Å². The highest BCUT2D eigenvalue weighted by molar-refractivity contribution is 7.89. The first kappa shape index (κ1) is 19.4. The molecule has 5 heteroatoms. The van der Waals surface area contributed by atoms with Crippen LogP contribution in [-0.4, -0.2) is 49.8 Å². The third-order valence-electron chi connectivity index (χ3n) is 5.17. The van der Waals surface area contributed by atoms with E-state index in [4.69, 9.17) is 0 Å². The maximum Gasteiger partial charge on any atom is 0.243 e. The second-order valence-corrected chi connectivity index (χ2v) is 10.1. The summed E-state index contributed by atoms with van der Waals surface area (Å²) in [5, 5.41) is 0. The van der Waals surface area contributed by atoms with Crippen LogP contribution < -0.4 is 0 Å². The average Bonchev–Trinajstić information content (AvgIpc) is 2.53. The minimum absolute atomic E-state index is 0.0298. The molecule has 0 bridgehead atoms. The van der Waals surface area contributed by atoms with E-state index in [1.165, 1.54) is 0 Å². The summed E-state index contributed by atoms with van der Waals surface area (Å²) < 4.78 is 27.4. The van der Waals surface area contributed by atoms with Crippen molar-refractivity contribution in [2.75, 3.05) is 20.1 Å². The lowest BCUT2D eigenvalue weighted by Gasteiger charge is -2.38. The molecule has 4 nitrogen and oxygen atoms in total. The van der Waals surface area contributed by atoms with E-state index in [9.17, 15) is 8.42 Å². The van der Waals surface area contributed by atoms with Gasteiger partial charge in [-0.1, -0.05) is 32.9 Å². The van der Waals surface area contributed by atoms with Gasteiger partial charge in [0.2, 0.25) is 10.0 Å². The highest BCUT2D eigenvalue weighted by Gasteiger charge is 2.31. The van der Waals surface area contributed by atoms with E-state index in [2.05, 4.69) is 46.6 Å². The third-order valence-corrected chi connectivity index (χ3v) is 7.08. The largest absolute Gasteiger partial charge is 0.301 e. The van der Waals surface area contributed by atoms with Crippen molar-refractivity contribution in [3.8, 4) is 0 Å². The highest BCUT2D eigenvalue weighted by atomic mass is 32.2. The second kappa shape index (κ2) is 7.14. The fourth-order valence-electron chi connectivity index (χ4n) is 3.19. The first-order valence-electron chi connectivity index (χ1n) is 8.86. The Bertz CT molecular complexity index is 637. The normalized spacial score (nSPS) is 18.5. The molecule has 0 aromatic heterocycles. The maximum absolute atomic E-state index is 12.9. The molecule has 1 aliphatic rings. The standard InChI is InChI=1S/C19H32N2O2S/c1-15(2)20(6)17-11-13-21(14-12-17)24(22,23)18-9-7-16(8-10-18)19(3,4)5/h7-10,15,17H,11-14H2,1-6H3. The van der Waals surface area contributed by atoms with Gasteiger partial charge in [0, 0.05) is 25.2 Å². The number of piperidine rings is 1. The summed E-state index contributed by atoms with van der Waals surface area (Å²) in [5.41, 5.74) is 1.18. The molecule has 1 saturated heterocycles. The number of hydrogen-bond donors (Lipinski definition) is 0. The molecule has 0 atom stereocenters. The van der Waals surface area contributed by atoms with E-state index in [0.717, 1.165) is 18.4 Å². The van der Waals surface area contributed by atoms with Gasteiger partial charge in [-0.3, -0.25) is 0 Å². The van der Waals surface area contributed by atoms with Crippen LogP contribution in [0.5, 0.6) is 0 Å². The Morgan fingerprint density at radius 3 is 2.00 bits per heavy atom. The first-order valence-corrected chi connectivity index (χ1v) is 10.3. The summed E-state index contributed by atoms with van der Waals surface area (Å²) in [6.07, 6.45) is 1.79. The molecule has 1 heterocycles. The van der Waals surface area contributed by atoms with Gasteiger partial charge >= 0.3 is 0 Å². The van der Waals surface area contributed by atoms with Crippen LogP contribution in [0.25, 0.3) is 0 Å². The maximum atomic E-state index is 12.9. The molecule has 1 fully saturated rings. The van der Waals surface area contributed by atoms with Crippen LogP contribution in [-0.2, 0) is 15.4 Å². The minimum atomic E-state index is -3.38. The van der Waals surface area contributed by atoms with Gasteiger partial charge in [0.05, 0.1) is 4.90 Å². The molecule has 0 saturated carbocycles. The Labute approximate surface area is 147 Å². The van der Waals surface area contributed by atoms with Crippen molar-refractivity contribution in [1.82, 2.24) is 9.21 Å². The summed E-state index contributed by atoms with van der Waals surface area (Å²) in [7, 11) is -1.25. The zero-order valence-electron chi connectivity index (χ0n) is 15.9. The molecule has 0 radical (unpaired) electrons. The van der Waals surface area contributed by atoms with Crippen molar-refractivity contribution >= 4 is 10.0 Å². The summed E-state index contributed by atoms with van der Waals surface area (Å²) in [5.74, 6) is 0. The third kappa shape index (κ3) is 4.19. The lowest BCUT2D eigenvalue weighted by molar-refractivity contribution is 0.138. The topological polar surface area (TPSA) is 40.6 Å². The SMILES string of the molecule is CC(C)N(C)C1CCN(S(=O)(=O)c2ccc(C(C)(C)C)cc2)CC1. The number of rotatable bonds is 4. The van der Waals surface area contributed by atoms with Gasteiger partial charge in [-0.15, -0.1) is 0 Å². The van der Waals surface area contributed by atoms with Crippen molar-refractivity contribution in [2.24, 2.45) is 0 Å². The van der Waals surface area contributed by atoms with Crippen LogP contribution >= 0.6 is 0 Å². The van der Waals surface area contributed by atoms with Crippen LogP contribution in [0.3, 0.4) is 0 Å². The molecule has 1 aromatic rings. The lowest BCUT2D eigenvalue weighted by Crippen LogP contribution is -2.47. The molecule has 1 aromatic carbocycles. The van der Waals surface area contributed by atoms with Crippen LogP contribution in [0.4, 0.5) is 0 Å². The van der Waals surface area contributed by atoms with Gasteiger partial charge in [0.15, 0.2) is 0 Å². The Morgan fingerprint density at radius 2 is 1.58 bits per heavy atom. The van der Waals surface area contributed by atoms with E-state index in [1.54, 1.807) is 16.4 Å². The lowest BCUT2D eigenvalue weighted by atomic mass is 9.87. The van der Waals surface area contributed by atoms with E-state index < -0.39 is 10.0 Å². The molecular weight excluding hydrogens is 320 g/mol. The molecule has 136 valence electrons. The smallest absolute Gasteiger partial charge is 0.243 e. The van der Waals surface area contributed by atoms with Crippen molar-refractivity contribution in [1.29, 1.82) is 0 Å². The average molecular weight is 353 g/mol. The molecule has 24 heavy (non-hydrogen) atoms. The summed E-state index contributed by atoms with van der Waals surface area (Å²) in [4.78, 5) is 2.76. The molecule has 2 rings (SSSR count). The Kier molecular flexibility index (Phi) is 5.78. The van der Waals surface area contributed by atoms with Crippen LogP contribution in [0.15, 0.2) is 29.2 Å². The van der Waals surface area contributed by atoms with Crippen LogP contribution in [0, 0.1) is 0 Å². The van der Waals surface area contributed by atoms with E-state index in [-0.39, 0.29) is 5.41 Å². The molecule has 0 spiro atoms. The second-order valence-electron chi connectivity index (χ2n) is 8.17. The van der Waals surface area contributed by atoms with Gasteiger partial charge in [-0.25, -0.2) is 8.42 Å². The zero-order chi connectivity index (χ0) is 18.1. The van der Waals surface area contributed by atoms with Crippen molar-refractivity contribution in [2.45, 2.75) is 69.9 Å². The summed E-state index contributed by atoms with van der Waals surface area (Å²) in [6.45, 7) is 12.0. The molecule has 0 amide bonds. The highest BCUT2D eigenvalue weighted by Crippen LogP contribution is 2.26. The van der Waals surface area contributed by atoms with E-state index >= 15 is 0 Å². The van der Waals surface area contributed by atoms with Gasteiger partial charge < -0.3 is 4.90 Å². The Balaban J connectivity index is 2.09. The van der Waals surface area contributed by atoms with Crippen molar-refractivity contribution in [3.63, 3.8) is 0 Å². The fourth-order valence-corrected chi connectivity index (χ4v) is 4.66. The molecule has 0 N–H and O–H groups in total. The molecular formula is C19H32N2O2S. The first-order chi connectivity index (χ1) is 11.0. The number of benzene rings is 1. The Morgan fingerprint density at radius 1 is 1.08 bits per heavy atom. The quantitative estimate of drug-likeness (QED) is 0.833. The predicted molar refractivity (Wildman–Crippen MR) is 99.8 cm³/mol. The van der Waals surface area contributed by atoms with Crippen LogP contribution in [0.2, 0.25) is 0 Å². The molecule has 1 aliphatic heterocycles. The van der Waals surface area contributed by atoms with Gasteiger partial charge in [0.25, 0.3) is 0 Å². The predicted octanol–water partition coefficient (Wildman–Crippen LogP) is 3.48. The van der Waals surface area contributed by atoms with Crippen molar-refractivity contribution < 1.29 is 8.42 Å². The molecule has 0 unspecified atom stereocenters. The van der Waals surface area contributed by atoms with Gasteiger partial charge in [-0.2, -0.15) is 4.31 Å². The monoisotopic (exact) mass is 352 g/mol.